The molecule has 1 amide bonds. The van der Waals surface area contributed by atoms with Gasteiger partial charge in [0.1, 0.15) is 0 Å². The molecule has 7 heteroatoms. The van der Waals surface area contributed by atoms with Gasteiger partial charge in [0.25, 0.3) is 11.5 Å². The number of benzene rings is 2. The number of aromatic amines is 1. The molecular weight excluding hydrogens is 306 g/mol. The second-order valence-electron chi connectivity index (χ2n) is 4.85. The van der Waals surface area contributed by atoms with Crippen LogP contribution in [-0.2, 0) is 0 Å². The summed E-state index contributed by atoms with van der Waals surface area (Å²) >= 11 is 0. The minimum Gasteiger partial charge on any atom is -0.267 e. The van der Waals surface area contributed by atoms with Crippen LogP contribution in [0.5, 0.6) is 0 Å². The standard InChI is InChI=1S/C17H11N5O2/c18-9-11-5-1-2-6-12(11)10-19-21-17(24)15-13-7-3-4-8-14(13)16(23)22-20-15/h1-8,10H,(H,21,24)(H,22,23)/b19-10+. The van der Waals surface area contributed by atoms with Gasteiger partial charge in [-0.25, -0.2) is 10.5 Å². The van der Waals surface area contributed by atoms with E-state index >= 15 is 0 Å². The van der Waals surface area contributed by atoms with Gasteiger partial charge >= 0.3 is 0 Å². The number of nitrogens with one attached hydrogen (secondary N) is 2. The van der Waals surface area contributed by atoms with E-state index < -0.39 is 5.91 Å². The topological polar surface area (TPSA) is 111 Å². The van der Waals surface area contributed by atoms with Gasteiger partial charge in [-0.3, -0.25) is 9.59 Å². The highest BCUT2D eigenvalue weighted by Gasteiger charge is 2.13. The minimum absolute atomic E-state index is 0.0657. The largest absolute Gasteiger partial charge is 0.292 e. The number of hydrazone groups is 1. The SMILES string of the molecule is N#Cc1ccccc1/C=N/NC(=O)c1n[nH]c(=O)c2ccccc12. The molecule has 7 nitrogen and oxygen atoms in total. The first kappa shape index (κ1) is 15.1. The monoisotopic (exact) mass is 317 g/mol. The summed E-state index contributed by atoms with van der Waals surface area (Å²) in [6.07, 6.45) is 1.38. The zero-order valence-corrected chi connectivity index (χ0v) is 12.4. The van der Waals surface area contributed by atoms with Gasteiger partial charge in [0.2, 0.25) is 0 Å². The molecule has 0 saturated carbocycles. The van der Waals surface area contributed by atoms with Gasteiger partial charge in [0, 0.05) is 10.9 Å². The Balaban J connectivity index is 1.86. The number of amides is 1. The quantitative estimate of drug-likeness (QED) is 0.564. The van der Waals surface area contributed by atoms with E-state index in [0.29, 0.717) is 21.9 Å². The molecule has 0 bridgehead atoms. The molecule has 3 rings (SSSR count). The van der Waals surface area contributed by atoms with Crippen molar-refractivity contribution in [1.82, 2.24) is 15.6 Å². The minimum atomic E-state index is -0.562. The Labute approximate surface area is 136 Å². The fourth-order valence-corrected chi connectivity index (χ4v) is 2.21. The maximum Gasteiger partial charge on any atom is 0.292 e. The molecular formula is C17H11N5O2. The Kier molecular flexibility index (Phi) is 4.12. The van der Waals surface area contributed by atoms with E-state index in [2.05, 4.69) is 20.7 Å². The van der Waals surface area contributed by atoms with Crippen molar-refractivity contribution in [3.8, 4) is 6.07 Å². The third-order valence-corrected chi connectivity index (χ3v) is 3.36. The maximum absolute atomic E-state index is 12.2. The highest BCUT2D eigenvalue weighted by atomic mass is 16.2. The van der Waals surface area contributed by atoms with Crippen molar-refractivity contribution in [2.24, 2.45) is 5.10 Å². The molecule has 2 aromatic carbocycles. The van der Waals surface area contributed by atoms with Crippen LogP contribution >= 0.6 is 0 Å². The second kappa shape index (κ2) is 6.54. The van der Waals surface area contributed by atoms with Crippen molar-refractivity contribution in [2.45, 2.75) is 0 Å². The molecule has 0 radical (unpaired) electrons. The number of rotatable bonds is 3. The molecule has 24 heavy (non-hydrogen) atoms. The predicted octanol–water partition coefficient (Wildman–Crippen LogP) is 1.56. The summed E-state index contributed by atoms with van der Waals surface area (Å²) < 4.78 is 0. The number of hydrogen-bond acceptors (Lipinski definition) is 5. The van der Waals surface area contributed by atoms with Crippen LogP contribution in [0.25, 0.3) is 10.8 Å². The molecule has 0 unspecified atom stereocenters. The lowest BCUT2D eigenvalue weighted by Crippen LogP contribution is -2.22. The average Bonchev–Trinajstić information content (AvgIpc) is 2.62. The zero-order valence-electron chi connectivity index (χ0n) is 12.4. The van der Waals surface area contributed by atoms with Gasteiger partial charge in [-0.1, -0.05) is 36.4 Å². The van der Waals surface area contributed by atoms with Crippen molar-refractivity contribution in [2.75, 3.05) is 0 Å². The first-order valence-electron chi connectivity index (χ1n) is 7.00. The maximum atomic E-state index is 12.2. The average molecular weight is 317 g/mol. The highest BCUT2D eigenvalue weighted by Crippen LogP contribution is 2.12. The molecule has 2 N–H and O–H groups in total. The first-order chi connectivity index (χ1) is 11.7. The molecule has 3 aromatic rings. The summed E-state index contributed by atoms with van der Waals surface area (Å²) in [6, 6.07) is 15.6. The number of aromatic nitrogens is 2. The van der Waals surface area contributed by atoms with Crippen LogP contribution in [-0.4, -0.2) is 22.3 Å². The second-order valence-corrected chi connectivity index (χ2v) is 4.85. The Morgan fingerprint density at radius 2 is 1.88 bits per heavy atom. The normalized spacial score (nSPS) is 10.6. The van der Waals surface area contributed by atoms with Crippen molar-refractivity contribution in [1.29, 1.82) is 5.26 Å². The molecule has 0 aliphatic carbocycles. The van der Waals surface area contributed by atoms with E-state index in [9.17, 15) is 9.59 Å². The Morgan fingerprint density at radius 1 is 1.17 bits per heavy atom. The van der Waals surface area contributed by atoms with Gasteiger partial charge in [-0.15, -0.1) is 0 Å². The summed E-state index contributed by atoms with van der Waals surface area (Å²) in [7, 11) is 0. The zero-order chi connectivity index (χ0) is 16.9. The van der Waals surface area contributed by atoms with Crippen LogP contribution in [0.4, 0.5) is 0 Å². The molecule has 116 valence electrons. The molecule has 1 heterocycles. The van der Waals surface area contributed by atoms with Crippen LogP contribution in [0.15, 0.2) is 58.4 Å². The van der Waals surface area contributed by atoms with E-state index in [-0.39, 0.29) is 11.3 Å². The van der Waals surface area contributed by atoms with E-state index in [1.54, 1.807) is 48.5 Å². The van der Waals surface area contributed by atoms with Gasteiger partial charge in [-0.05, 0) is 12.1 Å². The van der Waals surface area contributed by atoms with Gasteiger partial charge in [0.15, 0.2) is 5.69 Å². The number of nitrogens with zero attached hydrogens (tertiary/aromatic N) is 3. The number of hydrogen-bond donors (Lipinski definition) is 2. The number of carbonyl (C=O) groups is 1. The summed E-state index contributed by atoms with van der Waals surface area (Å²) in [5.41, 5.74) is 3.08. The van der Waals surface area contributed by atoms with E-state index in [4.69, 9.17) is 5.26 Å². The van der Waals surface area contributed by atoms with E-state index in [0.717, 1.165) is 0 Å². The number of nitriles is 1. The summed E-state index contributed by atoms with van der Waals surface area (Å²) in [4.78, 5) is 24.0. The molecule has 0 fully saturated rings. The molecule has 1 aromatic heterocycles. The summed E-state index contributed by atoms with van der Waals surface area (Å²) in [5, 5.41) is 19.7. The molecule has 0 aliphatic rings. The first-order valence-corrected chi connectivity index (χ1v) is 7.00. The van der Waals surface area contributed by atoms with Crippen molar-refractivity contribution < 1.29 is 4.79 Å². The Hall–Kier alpha value is -3.79. The van der Waals surface area contributed by atoms with Crippen LogP contribution in [0.1, 0.15) is 21.6 Å². The van der Waals surface area contributed by atoms with Crippen LogP contribution in [0.2, 0.25) is 0 Å². The van der Waals surface area contributed by atoms with Crippen molar-refractivity contribution in [3.05, 3.63) is 75.7 Å². The third-order valence-electron chi connectivity index (χ3n) is 3.36. The Bertz CT molecular complexity index is 1050. The lowest BCUT2D eigenvalue weighted by atomic mass is 10.1. The smallest absolute Gasteiger partial charge is 0.267 e. The lowest BCUT2D eigenvalue weighted by molar-refractivity contribution is 0.0951. The Morgan fingerprint density at radius 3 is 2.67 bits per heavy atom. The van der Waals surface area contributed by atoms with Crippen LogP contribution in [0, 0.1) is 11.3 Å². The number of carbonyl (C=O) groups excluding carboxylic acids is 1. The highest BCUT2D eigenvalue weighted by molar-refractivity contribution is 6.04. The lowest BCUT2D eigenvalue weighted by Gasteiger charge is -2.03. The third kappa shape index (κ3) is 2.89. The number of H-pyrrole nitrogens is 1. The van der Waals surface area contributed by atoms with E-state index in [1.165, 1.54) is 6.21 Å². The molecule has 0 aliphatic heterocycles. The predicted molar refractivity (Wildman–Crippen MR) is 88.6 cm³/mol. The summed E-state index contributed by atoms with van der Waals surface area (Å²) in [5.74, 6) is -0.562. The van der Waals surface area contributed by atoms with Crippen molar-refractivity contribution in [3.63, 3.8) is 0 Å². The fraction of sp³-hybridized carbons (Fsp3) is 0. The fourth-order valence-electron chi connectivity index (χ4n) is 2.21. The molecule has 0 spiro atoms. The number of fused-ring (bicyclic) bond motifs is 1. The van der Waals surface area contributed by atoms with Crippen molar-refractivity contribution >= 4 is 22.9 Å². The van der Waals surface area contributed by atoms with Gasteiger partial charge in [-0.2, -0.15) is 15.5 Å². The molecule has 0 saturated heterocycles. The van der Waals surface area contributed by atoms with Gasteiger partial charge in [0.05, 0.1) is 23.2 Å². The van der Waals surface area contributed by atoms with E-state index in [1.807, 2.05) is 6.07 Å². The molecule has 0 atom stereocenters. The van der Waals surface area contributed by atoms with Gasteiger partial charge < -0.3 is 0 Å². The van der Waals surface area contributed by atoms with Crippen LogP contribution in [0.3, 0.4) is 0 Å². The van der Waals surface area contributed by atoms with Crippen LogP contribution < -0.4 is 11.0 Å². The summed E-state index contributed by atoms with van der Waals surface area (Å²) in [6.45, 7) is 0.